The van der Waals surface area contributed by atoms with Gasteiger partial charge in [0.2, 0.25) is 0 Å². The summed E-state index contributed by atoms with van der Waals surface area (Å²) in [6.45, 7) is 2.30. The number of aromatic nitrogens is 5. The molecule has 0 aliphatic carbocycles. The van der Waals surface area contributed by atoms with E-state index < -0.39 is 0 Å². The van der Waals surface area contributed by atoms with Gasteiger partial charge in [-0.3, -0.25) is 0 Å². The summed E-state index contributed by atoms with van der Waals surface area (Å²) in [6.07, 6.45) is 1.75. The number of anilines is 1. The molecule has 7 heteroatoms. The van der Waals surface area contributed by atoms with Crippen molar-refractivity contribution in [1.29, 1.82) is 0 Å². The quantitative estimate of drug-likeness (QED) is 0.698. The van der Waals surface area contributed by atoms with Gasteiger partial charge in [0, 0.05) is 18.7 Å². The second-order valence-electron chi connectivity index (χ2n) is 4.63. The summed E-state index contributed by atoms with van der Waals surface area (Å²) in [4.78, 5) is 6.49. The Labute approximate surface area is 114 Å². The summed E-state index contributed by atoms with van der Waals surface area (Å²) in [5.74, 6) is 2.05. The Morgan fingerprint density at radius 3 is 2.90 bits per heavy atom. The summed E-state index contributed by atoms with van der Waals surface area (Å²) in [6, 6.07) is 9.75. The average molecular weight is 268 g/mol. The van der Waals surface area contributed by atoms with Gasteiger partial charge in [-0.05, 0) is 17.3 Å². The van der Waals surface area contributed by atoms with Gasteiger partial charge in [0.1, 0.15) is 6.33 Å². The van der Waals surface area contributed by atoms with Crippen molar-refractivity contribution in [2.45, 2.75) is 13.1 Å². The molecule has 0 unspecified atom stereocenters. The number of hydrogen-bond acceptors (Lipinski definition) is 6. The molecule has 100 valence electrons. The maximum Gasteiger partial charge on any atom is 0.266 e. The Hall–Kier alpha value is -2.70. The average Bonchev–Trinajstić information content (AvgIpc) is 3.16. The predicted octanol–water partition coefficient (Wildman–Crippen LogP) is 1.35. The highest BCUT2D eigenvalue weighted by Gasteiger charge is 2.21. The van der Waals surface area contributed by atoms with Gasteiger partial charge in [-0.15, -0.1) is 10.2 Å². The Kier molecular flexibility index (Phi) is 2.48. The maximum atomic E-state index is 5.33. The van der Waals surface area contributed by atoms with Crippen LogP contribution in [0.5, 0.6) is 0 Å². The molecule has 0 fully saturated rings. The zero-order valence-electron chi connectivity index (χ0n) is 10.7. The van der Waals surface area contributed by atoms with Crippen molar-refractivity contribution in [1.82, 2.24) is 24.9 Å². The molecule has 0 spiro atoms. The third-order valence-electron chi connectivity index (χ3n) is 3.36. The lowest BCUT2D eigenvalue weighted by Gasteiger charge is -2.25. The number of hydrogen-bond donors (Lipinski definition) is 0. The van der Waals surface area contributed by atoms with Crippen molar-refractivity contribution < 1.29 is 4.52 Å². The van der Waals surface area contributed by atoms with E-state index in [9.17, 15) is 0 Å². The van der Waals surface area contributed by atoms with Crippen LogP contribution in [0.2, 0.25) is 0 Å². The van der Waals surface area contributed by atoms with Crippen LogP contribution < -0.4 is 4.90 Å². The first kappa shape index (κ1) is 11.2. The number of fused-ring (bicyclic) bond motifs is 1. The normalized spacial score (nSPS) is 14.3. The molecule has 3 aromatic rings. The fourth-order valence-electron chi connectivity index (χ4n) is 2.28. The standard InChI is InChI=1S/C13H12N6O/c1-2-4-10(5-3-1)12-15-13(17-20-12)18-6-7-19-9-14-16-11(19)8-18/h1-5,9H,6-8H2. The number of nitrogens with zero attached hydrogens (tertiary/aromatic N) is 6. The molecule has 1 aliphatic heterocycles. The lowest BCUT2D eigenvalue weighted by atomic mass is 10.2. The highest BCUT2D eigenvalue weighted by Crippen LogP contribution is 2.22. The topological polar surface area (TPSA) is 72.9 Å². The van der Waals surface area contributed by atoms with Gasteiger partial charge in [-0.1, -0.05) is 18.2 Å². The van der Waals surface area contributed by atoms with Gasteiger partial charge < -0.3 is 14.0 Å². The molecule has 3 heterocycles. The Morgan fingerprint density at radius 2 is 2.00 bits per heavy atom. The van der Waals surface area contributed by atoms with Gasteiger partial charge in [0.15, 0.2) is 5.82 Å². The smallest absolute Gasteiger partial charge is 0.266 e. The highest BCUT2D eigenvalue weighted by atomic mass is 16.5. The van der Waals surface area contributed by atoms with Crippen LogP contribution >= 0.6 is 0 Å². The van der Waals surface area contributed by atoms with Gasteiger partial charge in [-0.25, -0.2) is 0 Å². The molecule has 0 bridgehead atoms. The van der Waals surface area contributed by atoms with Crippen LogP contribution in [-0.4, -0.2) is 31.4 Å². The first-order chi connectivity index (χ1) is 9.90. The van der Waals surface area contributed by atoms with E-state index in [0.717, 1.165) is 24.5 Å². The van der Waals surface area contributed by atoms with Crippen LogP contribution in [0.1, 0.15) is 5.82 Å². The van der Waals surface area contributed by atoms with E-state index >= 15 is 0 Å². The van der Waals surface area contributed by atoms with Crippen molar-refractivity contribution in [2.75, 3.05) is 11.4 Å². The van der Waals surface area contributed by atoms with Crippen molar-refractivity contribution in [3.05, 3.63) is 42.5 Å². The largest absolute Gasteiger partial charge is 0.332 e. The summed E-state index contributed by atoms with van der Waals surface area (Å²) in [5.41, 5.74) is 0.923. The second-order valence-corrected chi connectivity index (χ2v) is 4.63. The molecule has 7 nitrogen and oxygen atoms in total. The van der Waals surface area contributed by atoms with E-state index in [-0.39, 0.29) is 0 Å². The third-order valence-corrected chi connectivity index (χ3v) is 3.36. The van der Waals surface area contributed by atoms with Crippen molar-refractivity contribution in [3.63, 3.8) is 0 Å². The van der Waals surface area contributed by atoms with Crippen LogP contribution in [0, 0.1) is 0 Å². The first-order valence-electron chi connectivity index (χ1n) is 6.41. The molecule has 0 radical (unpaired) electrons. The van der Waals surface area contributed by atoms with Gasteiger partial charge in [0.05, 0.1) is 6.54 Å². The fraction of sp³-hybridized carbons (Fsp3) is 0.231. The molecule has 0 amide bonds. The van der Waals surface area contributed by atoms with Crippen molar-refractivity contribution in [2.24, 2.45) is 0 Å². The summed E-state index contributed by atoms with van der Waals surface area (Å²) >= 11 is 0. The molecule has 0 atom stereocenters. The fourth-order valence-corrected chi connectivity index (χ4v) is 2.28. The van der Waals surface area contributed by atoms with E-state index in [2.05, 4.69) is 20.3 Å². The molecule has 0 N–H and O–H groups in total. The van der Waals surface area contributed by atoms with E-state index in [1.165, 1.54) is 0 Å². The van der Waals surface area contributed by atoms with Crippen LogP contribution in [0.15, 0.2) is 41.2 Å². The molecule has 4 rings (SSSR count). The summed E-state index contributed by atoms with van der Waals surface area (Å²) in [5, 5.41) is 12.0. The zero-order chi connectivity index (χ0) is 13.4. The minimum Gasteiger partial charge on any atom is -0.332 e. The highest BCUT2D eigenvalue weighted by molar-refractivity contribution is 5.54. The molecule has 20 heavy (non-hydrogen) atoms. The second kappa shape index (κ2) is 4.44. The van der Waals surface area contributed by atoms with Crippen LogP contribution in [0.4, 0.5) is 5.95 Å². The minimum absolute atomic E-state index is 0.535. The number of benzene rings is 1. The zero-order valence-corrected chi connectivity index (χ0v) is 10.7. The van der Waals surface area contributed by atoms with E-state index in [1.54, 1.807) is 6.33 Å². The van der Waals surface area contributed by atoms with Crippen LogP contribution in [0.3, 0.4) is 0 Å². The first-order valence-corrected chi connectivity index (χ1v) is 6.41. The van der Waals surface area contributed by atoms with Gasteiger partial charge in [-0.2, -0.15) is 4.98 Å². The third kappa shape index (κ3) is 1.83. The lowest BCUT2D eigenvalue weighted by molar-refractivity contribution is 0.426. The summed E-state index contributed by atoms with van der Waals surface area (Å²) < 4.78 is 7.36. The van der Waals surface area contributed by atoms with Crippen molar-refractivity contribution in [3.8, 4) is 11.5 Å². The Morgan fingerprint density at radius 1 is 1.10 bits per heavy atom. The van der Waals surface area contributed by atoms with E-state index in [1.807, 2.05) is 39.8 Å². The Balaban J connectivity index is 1.60. The molecule has 1 aliphatic rings. The van der Waals surface area contributed by atoms with Crippen LogP contribution in [-0.2, 0) is 13.1 Å². The predicted molar refractivity (Wildman–Crippen MR) is 70.8 cm³/mol. The van der Waals surface area contributed by atoms with Crippen molar-refractivity contribution >= 4 is 5.95 Å². The maximum absolute atomic E-state index is 5.33. The lowest BCUT2D eigenvalue weighted by Crippen LogP contribution is -2.34. The number of rotatable bonds is 2. The van der Waals surface area contributed by atoms with Gasteiger partial charge in [0.25, 0.3) is 11.8 Å². The molecular weight excluding hydrogens is 256 g/mol. The van der Waals surface area contributed by atoms with E-state index in [4.69, 9.17) is 4.52 Å². The molecule has 1 aromatic carbocycles. The molecular formula is C13H12N6O. The minimum atomic E-state index is 0.535. The summed E-state index contributed by atoms with van der Waals surface area (Å²) in [7, 11) is 0. The SMILES string of the molecule is c1ccc(-c2nc(N3CCn4cnnc4C3)no2)cc1. The Bertz CT molecular complexity index is 719. The van der Waals surface area contributed by atoms with Crippen LogP contribution in [0.25, 0.3) is 11.5 Å². The molecule has 2 aromatic heterocycles. The monoisotopic (exact) mass is 268 g/mol. The molecule has 0 saturated heterocycles. The van der Waals surface area contributed by atoms with E-state index in [0.29, 0.717) is 18.4 Å². The van der Waals surface area contributed by atoms with Gasteiger partial charge >= 0.3 is 0 Å². The molecule has 0 saturated carbocycles.